The van der Waals surface area contributed by atoms with Crippen LogP contribution in [-0.4, -0.2) is 74.0 Å². The number of hydrogen-bond donors (Lipinski definition) is 2. The maximum atomic E-state index is 11.4. The molecule has 0 radical (unpaired) electrons. The lowest BCUT2D eigenvalue weighted by molar-refractivity contribution is 0.0957. The largest absolute Gasteiger partial charge is 0.308 e. The number of likely N-dealkylation sites (N-methyl/N-ethyl adjacent to an activating group) is 1. The number of nitrogen functional groups attached to an aromatic ring is 1. The molecule has 0 saturated carbocycles. The third-order valence-electron chi connectivity index (χ3n) is 3.72. The number of thiophene rings is 1. The first-order valence-electron chi connectivity index (χ1n) is 7.27. The Balaban J connectivity index is 1.75. The molecule has 2 heterocycles. The van der Waals surface area contributed by atoms with Crippen molar-refractivity contribution in [3.05, 3.63) is 21.9 Å². The van der Waals surface area contributed by atoms with Gasteiger partial charge in [0.05, 0.1) is 4.88 Å². The smallest absolute Gasteiger partial charge is 0.275 e. The molecular formula is C14H25N5OS. The van der Waals surface area contributed by atoms with Crippen molar-refractivity contribution in [2.75, 3.05) is 53.4 Å². The van der Waals surface area contributed by atoms with Crippen LogP contribution in [0.4, 0.5) is 0 Å². The van der Waals surface area contributed by atoms with Crippen molar-refractivity contribution in [2.45, 2.75) is 6.54 Å². The lowest BCUT2D eigenvalue weighted by atomic mass is 10.3. The Bertz CT molecular complexity index is 454. The molecule has 2 rings (SSSR count). The number of carbonyl (C=O) groups excluding carboxylic acids is 1. The van der Waals surface area contributed by atoms with E-state index < -0.39 is 0 Å². The van der Waals surface area contributed by atoms with Crippen molar-refractivity contribution in [3.63, 3.8) is 0 Å². The number of piperazine rings is 1. The van der Waals surface area contributed by atoms with E-state index in [0.717, 1.165) is 45.8 Å². The van der Waals surface area contributed by atoms with Crippen LogP contribution < -0.4 is 11.3 Å². The zero-order valence-corrected chi connectivity index (χ0v) is 13.7. The molecule has 1 aliphatic heterocycles. The Morgan fingerprint density at radius 1 is 1.29 bits per heavy atom. The minimum Gasteiger partial charge on any atom is -0.308 e. The van der Waals surface area contributed by atoms with Gasteiger partial charge in [-0.25, -0.2) is 5.84 Å². The number of nitrogens with two attached hydrogens (primary N) is 1. The second-order valence-electron chi connectivity index (χ2n) is 5.66. The molecule has 0 aliphatic carbocycles. The van der Waals surface area contributed by atoms with E-state index in [1.807, 2.05) is 12.1 Å². The molecule has 1 saturated heterocycles. The fraction of sp³-hybridized carbons (Fsp3) is 0.643. The number of nitrogens with one attached hydrogen (secondary N) is 1. The van der Waals surface area contributed by atoms with Crippen molar-refractivity contribution >= 4 is 17.2 Å². The molecule has 0 atom stereocenters. The standard InChI is InChI=1S/C14H25N5OS/c1-17(2)5-6-18-7-9-19(10-8-18)11-12-3-4-13(21-12)14(20)16-15/h3-4H,5-11,15H2,1-2H3,(H,16,20). The topological polar surface area (TPSA) is 64.8 Å². The van der Waals surface area contributed by atoms with Crippen molar-refractivity contribution in [3.8, 4) is 0 Å². The molecule has 3 N–H and O–H groups in total. The van der Waals surface area contributed by atoms with E-state index in [-0.39, 0.29) is 5.91 Å². The van der Waals surface area contributed by atoms with Crippen molar-refractivity contribution in [1.29, 1.82) is 0 Å². The molecule has 118 valence electrons. The van der Waals surface area contributed by atoms with E-state index in [0.29, 0.717) is 4.88 Å². The number of hydrogen-bond acceptors (Lipinski definition) is 6. The molecule has 1 amide bonds. The summed E-state index contributed by atoms with van der Waals surface area (Å²) < 4.78 is 0. The van der Waals surface area contributed by atoms with Crippen LogP contribution in [-0.2, 0) is 6.54 Å². The summed E-state index contributed by atoms with van der Waals surface area (Å²) in [7, 11) is 4.23. The summed E-state index contributed by atoms with van der Waals surface area (Å²) in [6, 6.07) is 3.86. The number of hydrazine groups is 1. The van der Waals surface area contributed by atoms with Gasteiger partial charge in [0.15, 0.2) is 0 Å². The highest BCUT2D eigenvalue weighted by Gasteiger charge is 2.18. The van der Waals surface area contributed by atoms with Crippen molar-refractivity contribution in [2.24, 2.45) is 5.84 Å². The van der Waals surface area contributed by atoms with Gasteiger partial charge in [-0.3, -0.25) is 20.0 Å². The van der Waals surface area contributed by atoms with Crippen LogP contribution in [0, 0.1) is 0 Å². The van der Waals surface area contributed by atoms with Crippen LogP contribution in [0.15, 0.2) is 12.1 Å². The van der Waals surface area contributed by atoms with Crippen LogP contribution in [0.5, 0.6) is 0 Å². The maximum absolute atomic E-state index is 11.4. The number of nitrogens with zero attached hydrogens (tertiary/aromatic N) is 3. The second kappa shape index (κ2) is 7.86. The normalized spacial score (nSPS) is 17.3. The monoisotopic (exact) mass is 311 g/mol. The third-order valence-corrected chi connectivity index (χ3v) is 4.79. The van der Waals surface area contributed by atoms with E-state index in [4.69, 9.17) is 5.84 Å². The average Bonchev–Trinajstić information content (AvgIpc) is 2.94. The summed E-state index contributed by atoms with van der Waals surface area (Å²) in [5.74, 6) is 4.94. The zero-order valence-electron chi connectivity index (χ0n) is 12.8. The van der Waals surface area contributed by atoms with Gasteiger partial charge in [-0.1, -0.05) is 0 Å². The molecule has 0 spiro atoms. The quantitative estimate of drug-likeness (QED) is 0.441. The minimum atomic E-state index is -0.209. The van der Waals surface area contributed by atoms with Crippen molar-refractivity contribution < 1.29 is 4.79 Å². The van der Waals surface area contributed by atoms with E-state index >= 15 is 0 Å². The first-order chi connectivity index (χ1) is 10.1. The summed E-state index contributed by atoms with van der Waals surface area (Å²) in [6.07, 6.45) is 0. The molecule has 0 unspecified atom stereocenters. The Labute approximate surface area is 130 Å². The number of rotatable bonds is 6. The van der Waals surface area contributed by atoms with Gasteiger partial charge in [0.1, 0.15) is 0 Å². The van der Waals surface area contributed by atoms with E-state index in [2.05, 4.69) is 34.2 Å². The Morgan fingerprint density at radius 2 is 1.95 bits per heavy atom. The fourth-order valence-electron chi connectivity index (χ4n) is 2.39. The van der Waals surface area contributed by atoms with Gasteiger partial charge in [-0.15, -0.1) is 11.3 Å². The Morgan fingerprint density at radius 3 is 2.57 bits per heavy atom. The highest BCUT2D eigenvalue weighted by molar-refractivity contribution is 7.14. The van der Waals surface area contributed by atoms with Crippen LogP contribution in [0.3, 0.4) is 0 Å². The van der Waals surface area contributed by atoms with Gasteiger partial charge in [-0.2, -0.15) is 0 Å². The van der Waals surface area contributed by atoms with Gasteiger partial charge in [0.2, 0.25) is 0 Å². The van der Waals surface area contributed by atoms with Gasteiger partial charge in [-0.05, 0) is 26.2 Å². The molecule has 1 aromatic rings. The van der Waals surface area contributed by atoms with E-state index in [9.17, 15) is 4.79 Å². The summed E-state index contributed by atoms with van der Waals surface area (Å²) in [6.45, 7) is 7.59. The van der Waals surface area contributed by atoms with Gasteiger partial charge in [0, 0.05) is 50.7 Å². The molecule has 7 heteroatoms. The molecular weight excluding hydrogens is 286 g/mol. The minimum absolute atomic E-state index is 0.209. The predicted octanol–water partition coefficient (Wildman–Crippen LogP) is 0.0308. The molecule has 6 nitrogen and oxygen atoms in total. The number of amides is 1. The van der Waals surface area contributed by atoms with Crippen LogP contribution in [0.2, 0.25) is 0 Å². The summed E-state index contributed by atoms with van der Waals surface area (Å²) in [5.41, 5.74) is 2.17. The van der Waals surface area contributed by atoms with Gasteiger partial charge < -0.3 is 4.90 Å². The lowest BCUT2D eigenvalue weighted by Crippen LogP contribution is -2.47. The molecule has 1 aliphatic rings. The van der Waals surface area contributed by atoms with Crippen LogP contribution in [0.25, 0.3) is 0 Å². The zero-order chi connectivity index (χ0) is 15.2. The van der Waals surface area contributed by atoms with Crippen molar-refractivity contribution in [1.82, 2.24) is 20.1 Å². The highest BCUT2D eigenvalue weighted by atomic mass is 32.1. The molecule has 1 aromatic heterocycles. The fourth-order valence-corrected chi connectivity index (χ4v) is 3.34. The van der Waals surface area contributed by atoms with Gasteiger partial charge >= 0.3 is 0 Å². The molecule has 0 aromatic carbocycles. The highest BCUT2D eigenvalue weighted by Crippen LogP contribution is 2.19. The maximum Gasteiger partial charge on any atom is 0.275 e. The Kier molecular flexibility index (Phi) is 6.13. The molecule has 1 fully saturated rings. The first kappa shape index (κ1) is 16.4. The second-order valence-corrected chi connectivity index (χ2v) is 6.83. The number of carbonyl (C=O) groups is 1. The molecule has 21 heavy (non-hydrogen) atoms. The summed E-state index contributed by atoms with van der Waals surface area (Å²) in [4.78, 5) is 20.5. The van der Waals surface area contributed by atoms with Crippen LogP contribution in [0.1, 0.15) is 14.5 Å². The summed E-state index contributed by atoms with van der Waals surface area (Å²) >= 11 is 1.52. The average molecular weight is 311 g/mol. The molecule has 0 bridgehead atoms. The predicted molar refractivity (Wildman–Crippen MR) is 86.2 cm³/mol. The SMILES string of the molecule is CN(C)CCN1CCN(Cc2ccc(C(=O)NN)s2)CC1. The first-order valence-corrected chi connectivity index (χ1v) is 8.09. The lowest BCUT2D eigenvalue weighted by Gasteiger charge is -2.34. The summed E-state index contributed by atoms with van der Waals surface area (Å²) in [5, 5.41) is 0. The third kappa shape index (κ3) is 5.05. The van der Waals surface area contributed by atoms with Crippen LogP contribution >= 0.6 is 11.3 Å². The van der Waals surface area contributed by atoms with Gasteiger partial charge in [0.25, 0.3) is 5.91 Å². The Hall–Kier alpha value is -0.990. The van der Waals surface area contributed by atoms with E-state index in [1.54, 1.807) is 0 Å². The van der Waals surface area contributed by atoms with E-state index in [1.165, 1.54) is 16.2 Å².